The van der Waals surface area contributed by atoms with Crippen LogP contribution in [0.1, 0.15) is 0 Å². The van der Waals surface area contributed by atoms with Crippen LogP contribution in [0.2, 0.25) is 0 Å². The normalized spacial score (nSPS) is 10.2. The molecule has 0 saturated carbocycles. The van der Waals surface area contributed by atoms with Crippen LogP contribution in [0.5, 0.6) is 0 Å². The molecule has 0 radical (unpaired) electrons. The highest BCUT2D eigenvalue weighted by Crippen LogP contribution is 2.27. The van der Waals surface area contributed by atoms with Crippen molar-refractivity contribution in [2.75, 3.05) is 11.5 Å². The fraction of sp³-hybridized carbons (Fsp3) is 0. The van der Waals surface area contributed by atoms with Crippen LogP contribution in [0.3, 0.4) is 0 Å². The van der Waals surface area contributed by atoms with Crippen molar-refractivity contribution >= 4 is 11.8 Å². The molecule has 0 spiro atoms. The van der Waals surface area contributed by atoms with E-state index in [2.05, 4.69) is 40.3 Å². The Morgan fingerprint density at radius 2 is 1.03 bits per heavy atom. The number of nitrogens with one attached hydrogen (secondary N) is 1. The number of hydrogen-bond acceptors (Lipinski definition) is 6. The summed E-state index contributed by atoms with van der Waals surface area (Å²) in [5.41, 5.74) is 15.0. The highest BCUT2D eigenvalue weighted by Gasteiger charge is 2.09. The van der Waals surface area contributed by atoms with Gasteiger partial charge in [-0.2, -0.15) is 4.98 Å². The zero-order valence-electron chi connectivity index (χ0n) is 17.7. The molecule has 7 heteroatoms. The summed E-state index contributed by atoms with van der Waals surface area (Å²) in [6.45, 7) is 0. The molecule has 0 amide bonds. The SMILES string of the molecule is Nc1cc(=O)[nH]c(N)n1.c1ccc(-c2cc(-c3ccccc3)nc(-c3ccccc3)n2)cc1. The van der Waals surface area contributed by atoms with E-state index in [4.69, 9.17) is 21.4 Å². The molecule has 2 aromatic heterocycles. The van der Waals surface area contributed by atoms with Crippen molar-refractivity contribution in [3.8, 4) is 33.9 Å². The fourth-order valence-electron chi connectivity index (χ4n) is 3.17. The first-order chi connectivity index (χ1) is 16.1. The van der Waals surface area contributed by atoms with Crippen molar-refractivity contribution < 1.29 is 0 Å². The minimum Gasteiger partial charge on any atom is -0.383 e. The average molecular weight is 435 g/mol. The zero-order chi connectivity index (χ0) is 23.0. The number of anilines is 2. The number of rotatable bonds is 3. The highest BCUT2D eigenvalue weighted by molar-refractivity contribution is 5.71. The van der Waals surface area contributed by atoms with Crippen molar-refractivity contribution in [1.82, 2.24) is 19.9 Å². The van der Waals surface area contributed by atoms with E-state index in [0.717, 1.165) is 40.0 Å². The molecule has 5 N–H and O–H groups in total. The fourth-order valence-corrected chi connectivity index (χ4v) is 3.17. The maximum Gasteiger partial charge on any atom is 0.254 e. The third kappa shape index (κ3) is 5.68. The lowest BCUT2D eigenvalue weighted by Crippen LogP contribution is -2.11. The van der Waals surface area contributed by atoms with Gasteiger partial charge in [-0.1, -0.05) is 91.0 Å². The molecule has 0 saturated heterocycles. The molecule has 2 heterocycles. The third-order valence-corrected chi connectivity index (χ3v) is 4.68. The van der Waals surface area contributed by atoms with E-state index in [1.807, 2.05) is 66.7 Å². The van der Waals surface area contributed by atoms with Gasteiger partial charge in [0.25, 0.3) is 5.56 Å². The van der Waals surface area contributed by atoms with Crippen LogP contribution in [0.15, 0.2) is 108 Å². The van der Waals surface area contributed by atoms with Gasteiger partial charge in [0.1, 0.15) is 5.82 Å². The molecule has 7 nitrogen and oxygen atoms in total. The standard InChI is InChI=1S/C22H16N2.C4H6N4O/c1-4-10-17(11-5-1)20-16-21(18-12-6-2-7-13-18)24-22(23-20)19-14-8-3-9-15-19;5-2-1-3(9)8-4(6)7-2/h1-16H;1H,(H5,5,6,7,8,9). The summed E-state index contributed by atoms with van der Waals surface area (Å²) in [6.07, 6.45) is 0. The molecule has 0 bridgehead atoms. The lowest BCUT2D eigenvalue weighted by atomic mass is 10.1. The topological polar surface area (TPSA) is 124 Å². The third-order valence-electron chi connectivity index (χ3n) is 4.68. The summed E-state index contributed by atoms with van der Waals surface area (Å²) in [4.78, 5) is 25.8. The largest absolute Gasteiger partial charge is 0.383 e. The summed E-state index contributed by atoms with van der Waals surface area (Å²) in [5, 5.41) is 0. The minimum atomic E-state index is -0.333. The van der Waals surface area contributed by atoms with E-state index < -0.39 is 0 Å². The van der Waals surface area contributed by atoms with E-state index in [1.54, 1.807) is 0 Å². The van der Waals surface area contributed by atoms with Gasteiger partial charge in [-0.05, 0) is 6.07 Å². The summed E-state index contributed by atoms with van der Waals surface area (Å²) >= 11 is 0. The van der Waals surface area contributed by atoms with Crippen LogP contribution < -0.4 is 17.0 Å². The van der Waals surface area contributed by atoms with Crippen LogP contribution in [0, 0.1) is 0 Å². The van der Waals surface area contributed by atoms with E-state index in [9.17, 15) is 4.79 Å². The predicted molar refractivity (Wildman–Crippen MR) is 132 cm³/mol. The Labute approximate surface area is 190 Å². The van der Waals surface area contributed by atoms with Crippen molar-refractivity contribution in [2.24, 2.45) is 0 Å². The number of aromatic amines is 1. The molecule has 0 fully saturated rings. The second-order valence-corrected chi connectivity index (χ2v) is 7.12. The molecule has 0 unspecified atom stereocenters. The number of nitrogens with two attached hydrogens (primary N) is 2. The first kappa shape index (κ1) is 21.5. The van der Waals surface area contributed by atoms with E-state index >= 15 is 0 Å². The molecule has 0 aliphatic rings. The van der Waals surface area contributed by atoms with Crippen LogP contribution in [-0.2, 0) is 0 Å². The number of nitrogens with zero attached hydrogens (tertiary/aromatic N) is 3. The molecule has 162 valence electrons. The lowest BCUT2D eigenvalue weighted by Gasteiger charge is -2.09. The Bertz CT molecular complexity index is 1220. The van der Waals surface area contributed by atoms with E-state index in [-0.39, 0.29) is 17.3 Å². The number of H-pyrrole nitrogens is 1. The van der Waals surface area contributed by atoms with Gasteiger partial charge in [0, 0.05) is 22.8 Å². The summed E-state index contributed by atoms with van der Waals surface area (Å²) in [6, 6.07) is 33.8. The van der Waals surface area contributed by atoms with Crippen molar-refractivity contribution in [3.63, 3.8) is 0 Å². The van der Waals surface area contributed by atoms with Crippen molar-refractivity contribution in [3.05, 3.63) is 113 Å². The van der Waals surface area contributed by atoms with E-state index in [0.29, 0.717) is 0 Å². The molecule has 0 atom stereocenters. The van der Waals surface area contributed by atoms with Gasteiger partial charge in [0.2, 0.25) is 5.95 Å². The number of benzene rings is 3. The lowest BCUT2D eigenvalue weighted by molar-refractivity contribution is 1.14. The molecule has 5 rings (SSSR count). The highest BCUT2D eigenvalue weighted by atomic mass is 16.1. The van der Waals surface area contributed by atoms with Gasteiger partial charge < -0.3 is 11.5 Å². The number of aromatic nitrogens is 4. The molecule has 33 heavy (non-hydrogen) atoms. The summed E-state index contributed by atoms with van der Waals surface area (Å²) < 4.78 is 0. The first-order valence-corrected chi connectivity index (χ1v) is 10.3. The maximum atomic E-state index is 10.5. The number of nitrogen functional groups attached to an aromatic ring is 2. The molecule has 0 aliphatic heterocycles. The maximum absolute atomic E-state index is 10.5. The van der Waals surface area contributed by atoms with Crippen molar-refractivity contribution in [1.29, 1.82) is 0 Å². The first-order valence-electron chi connectivity index (χ1n) is 10.3. The Balaban J connectivity index is 0.000000243. The number of hydrogen-bond donors (Lipinski definition) is 3. The summed E-state index contributed by atoms with van der Waals surface area (Å²) in [7, 11) is 0. The Morgan fingerprint density at radius 1 is 0.576 bits per heavy atom. The quantitative estimate of drug-likeness (QED) is 0.386. The predicted octanol–water partition coefficient (Wildman–Crippen LogP) is 4.41. The summed E-state index contributed by atoms with van der Waals surface area (Å²) in [5.74, 6) is 0.923. The van der Waals surface area contributed by atoms with Gasteiger partial charge in [-0.15, -0.1) is 0 Å². The van der Waals surface area contributed by atoms with Gasteiger partial charge in [0.15, 0.2) is 5.82 Å². The Morgan fingerprint density at radius 3 is 1.45 bits per heavy atom. The Hall–Kier alpha value is -4.78. The zero-order valence-corrected chi connectivity index (χ0v) is 17.7. The van der Waals surface area contributed by atoms with Gasteiger partial charge in [-0.25, -0.2) is 9.97 Å². The van der Waals surface area contributed by atoms with Crippen LogP contribution in [-0.4, -0.2) is 19.9 Å². The monoisotopic (exact) mass is 434 g/mol. The van der Waals surface area contributed by atoms with E-state index in [1.165, 1.54) is 0 Å². The molecule has 3 aromatic carbocycles. The smallest absolute Gasteiger partial charge is 0.254 e. The van der Waals surface area contributed by atoms with Gasteiger partial charge in [-0.3, -0.25) is 9.78 Å². The van der Waals surface area contributed by atoms with Gasteiger partial charge in [0.05, 0.1) is 11.4 Å². The van der Waals surface area contributed by atoms with Crippen molar-refractivity contribution in [2.45, 2.75) is 0 Å². The minimum absolute atomic E-state index is 0.0417. The van der Waals surface area contributed by atoms with Crippen LogP contribution in [0.25, 0.3) is 33.9 Å². The van der Waals surface area contributed by atoms with Gasteiger partial charge >= 0.3 is 0 Å². The second kappa shape index (κ2) is 10.0. The average Bonchev–Trinajstić information content (AvgIpc) is 2.85. The molecule has 5 aromatic rings. The molecular formula is C26H22N6O. The molecule has 0 aliphatic carbocycles. The molecular weight excluding hydrogens is 412 g/mol. The van der Waals surface area contributed by atoms with Crippen LogP contribution >= 0.6 is 0 Å². The second-order valence-electron chi connectivity index (χ2n) is 7.12. The Kier molecular flexibility index (Phi) is 6.51. The van der Waals surface area contributed by atoms with Crippen LogP contribution in [0.4, 0.5) is 11.8 Å².